The quantitative estimate of drug-likeness (QED) is 0.628. The zero-order valence-corrected chi connectivity index (χ0v) is 18.2. The number of rotatable bonds is 4. The number of fused-ring (bicyclic) bond motifs is 1. The van der Waals surface area contributed by atoms with Gasteiger partial charge in [-0.3, -0.25) is 4.79 Å². The Balaban J connectivity index is 1.58. The number of nitrogens with zero attached hydrogens (tertiary/aromatic N) is 2. The highest BCUT2D eigenvalue weighted by Gasteiger charge is 2.38. The number of aryl methyl sites for hydroxylation is 1. The van der Waals surface area contributed by atoms with E-state index in [1.165, 1.54) is 10.4 Å². The SMILES string of the molecule is Cc1nc2cc(NC(=O)C3CCCCN3S(=O)(=O)c3ccc(Cl)s3)ccc2s1. The highest BCUT2D eigenvalue weighted by atomic mass is 35.5. The number of benzene rings is 1. The van der Waals surface area contributed by atoms with Gasteiger partial charge >= 0.3 is 0 Å². The Hall–Kier alpha value is -1.52. The molecule has 4 rings (SSSR count). The molecule has 1 aliphatic rings. The molecule has 1 unspecified atom stereocenters. The summed E-state index contributed by atoms with van der Waals surface area (Å²) in [5.41, 5.74) is 1.44. The average molecular weight is 456 g/mol. The molecule has 28 heavy (non-hydrogen) atoms. The van der Waals surface area contributed by atoms with Gasteiger partial charge < -0.3 is 5.32 Å². The van der Waals surface area contributed by atoms with Crippen LogP contribution < -0.4 is 5.32 Å². The van der Waals surface area contributed by atoms with E-state index in [4.69, 9.17) is 11.6 Å². The maximum absolute atomic E-state index is 13.0. The lowest BCUT2D eigenvalue weighted by atomic mass is 10.0. The molecular formula is C18H18ClN3O3S3. The van der Waals surface area contributed by atoms with Crippen molar-refractivity contribution in [3.8, 4) is 0 Å². The number of amides is 1. The predicted molar refractivity (Wildman–Crippen MR) is 114 cm³/mol. The van der Waals surface area contributed by atoms with E-state index in [1.54, 1.807) is 17.4 Å². The second kappa shape index (κ2) is 7.72. The molecule has 1 atom stereocenters. The Morgan fingerprint density at radius 3 is 2.82 bits per heavy atom. The fourth-order valence-corrected chi connectivity index (χ4v) is 7.43. The first-order chi connectivity index (χ1) is 13.3. The molecule has 10 heteroatoms. The normalized spacial score (nSPS) is 18.4. The fraction of sp³-hybridized carbons (Fsp3) is 0.333. The van der Waals surface area contributed by atoms with Gasteiger partial charge in [-0.15, -0.1) is 22.7 Å². The number of hydrogen-bond acceptors (Lipinski definition) is 6. The van der Waals surface area contributed by atoms with Gasteiger partial charge in [0.2, 0.25) is 5.91 Å². The van der Waals surface area contributed by atoms with Gasteiger partial charge in [0.1, 0.15) is 10.3 Å². The molecule has 0 aliphatic carbocycles. The van der Waals surface area contributed by atoms with Crippen LogP contribution in [0.3, 0.4) is 0 Å². The lowest BCUT2D eigenvalue weighted by molar-refractivity contribution is -0.120. The number of piperidine rings is 1. The molecule has 1 aromatic carbocycles. The maximum Gasteiger partial charge on any atom is 0.253 e. The summed E-state index contributed by atoms with van der Waals surface area (Å²) in [6, 6.07) is 7.86. The van der Waals surface area contributed by atoms with Crippen LogP contribution >= 0.6 is 34.3 Å². The van der Waals surface area contributed by atoms with E-state index in [2.05, 4.69) is 10.3 Å². The molecule has 1 aliphatic heterocycles. The third kappa shape index (κ3) is 3.81. The number of aromatic nitrogens is 1. The number of anilines is 1. The van der Waals surface area contributed by atoms with Crippen LogP contribution in [-0.4, -0.2) is 36.2 Å². The molecule has 1 N–H and O–H groups in total. The van der Waals surface area contributed by atoms with E-state index in [0.29, 0.717) is 23.0 Å². The topological polar surface area (TPSA) is 79.4 Å². The second-order valence-electron chi connectivity index (χ2n) is 6.59. The zero-order valence-electron chi connectivity index (χ0n) is 15.0. The summed E-state index contributed by atoms with van der Waals surface area (Å²) in [4.78, 5) is 17.4. The van der Waals surface area contributed by atoms with Crippen molar-refractivity contribution in [3.63, 3.8) is 0 Å². The summed E-state index contributed by atoms with van der Waals surface area (Å²) < 4.78 is 29.0. The Morgan fingerprint density at radius 2 is 2.07 bits per heavy atom. The number of halogens is 1. The van der Waals surface area contributed by atoms with Crippen LogP contribution in [0.15, 0.2) is 34.5 Å². The van der Waals surface area contributed by atoms with Crippen molar-refractivity contribution in [2.24, 2.45) is 0 Å². The number of thiazole rings is 1. The first kappa shape index (κ1) is 19.8. The number of thiophene rings is 1. The van der Waals surface area contributed by atoms with E-state index in [-0.39, 0.29) is 10.1 Å². The summed E-state index contributed by atoms with van der Waals surface area (Å²) in [6.07, 6.45) is 2.02. The second-order valence-corrected chi connectivity index (χ2v) is 11.7. The van der Waals surface area contributed by atoms with Crippen LogP contribution in [0.2, 0.25) is 4.34 Å². The van der Waals surface area contributed by atoms with Gasteiger partial charge in [-0.1, -0.05) is 18.0 Å². The number of carbonyl (C=O) groups is 1. The van der Waals surface area contributed by atoms with Gasteiger partial charge in [0.25, 0.3) is 10.0 Å². The largest absolute Gasteiger partial charge is 0.325 e. The molecule has 0 spiro atoms. The molecule has 0 bridgehead atoms. The van der Waals surface area contributed by atoms with Crippen molar-refractivity contribution >= 4 is 66.1 Å². The minimum atomic E-state index is -3.76. The van der Waals surface area contributed by atoms with Crippen molar-refractivity contribution in [1.82, 2.24) is 9.29 Å². The summed E-state index contributed by atoms with van der Waals surface area (Å²) in [5, 5.41) is 3.82. The van der Waals surface area contributed by atoms with Gasteiger partial charge in [-0.25, -0.2) is 13.4 Å². The van der Waals surface area contributed by atoms with Gasteiger partial charge in [-0.05, 0) is 50.1 Å². The number of nitrogens with one attached hydrogen (secondary N) is 1. The summed E-state index contributed by atoms with van der Waals surface area (Å²) in [7, 11) is -3.76. The maximum atomic E-state index is 13.0. The first-order valence-corrected chi connectivity index (χ1v) is 12.2. The number of hydrogen-bond donors (Lipinski definition) is 1. The zero-order chi connectivity index (χ0) is 19.9. The van der Waals surface area contributed by atoms with E-state index >= 15 is 0 Å². The monoisotopic (exact) mass is 455 g/mol. The third-order valence-corrected chi connectivity index (χ3v) is 9.19. The van der Waals surface area contributed by atoms with Gasteiger partial charge in [0.15, 0.2) is 0 Å². The molecular weight excluding hydrogens is 438 g/mol. The van der Waals surface area contributed by atoms with Crippen molar-refractivity contribution < 1.29 is 13.2 Å². The molecule has 1 amide bonds. The molecule has 6 nitrogen and oxygen atoms in total. The predicted octanol–water partition coefficient (Wildman–Crippen LogP) is 4.50. The van der Waals surface area contributed by atoms with Crippen LogP contribution in [0.1, 0.15) is 24.3 Å². The fourth-order valence-electron chi connectivity index (χ4n) is 3.35. The van der Waals surface area contributed by atoms with E-state index in [1.807, 2.05) is 25.1 Å². The third-order valence-electron chi connectivity index (χ3n) is 4.63. The Kier molecular flexibility index (Phi) is 5.45. The smallest absolute Gasteiger partial charge is 0.253 e. The molecule has 0 radical (unpaired) electrons. The number of sulfonamides is 1. The van der Waals surface area contributed by atoms with Crippen LogP contribution in [-0.2, 0) is 14.8 Å². The molecule has 3 aromatic rings. The summed E-state index contributed by atoms with van der Waals surface area (Å²) >= 11 is 8.51. The van der Waals surface area contributed by atoms with Crippen LogP contribution in [0, 0.1) is 6.92 Å². The lowest BCUT2D eigenvalue weighted by Crippen LogP contribution is -2.49. The molecule has 1 fully saturated rings. The molecule has 3 heterocycles. The summed E-state index contributed by atoms with van der Waals surface area (Å²) in [5.74, 6) is -0.322. The van der Waals surface area contributed by atoms with Crippen LogP contribution in [0.5, 0.6) is 0 Å². The molecule has 2 aromatic heterocycles. The average Bonchev–Trinajstić information content (AvgIpc) is 3.26. The van der Waals surface area contributed by atoms with Crippen LogP contribution in [0.4, 0.5) is 5.69 Å². The molecule has 0 saturated carbocycles. The minimum absolute atomic E-state index is 0.163. The Labute approximate surface area is 176 Å². The van der Waals surface area contributed by atoms with Gasteiger partial charge in [0.05, 0.1) is 19.6 Å². The van der Waals surface area contributed by atoms with Crippen molar-refractivity contribution in [2.45, 2.75) is 36.4 Å². The highest BCUT2D eigenvalue weighted by Crippen LogP contribution is 2.32. The minimum Gasteiger partial charge on any atom is -0.325 e. The Morgan fingerprint density at radius 1 is 1.25 bits per heavy atom. The van der Waals surface area contributed by atoms with Crippen molar-refractivity contribution in [2.75, 3.05) is 11.9 Å². The molecule has 148 valence electrons. The van der Waals surface area contributed by atoms with Gasteiger partial charge in [0, 0.05) is 12.2 Å². The van der Waals surface area contributed by atoms with Crippen molar-refractivity contribution in [3.05, 3.63) is 39.7 Å². The summed E-state index contributed by atoms with van der Waals surface area (Å²) in [6.45, 7) is 2.25. The van der Waals surface area contributed by atoms with Crippen LogP contribution in [0.25, 0.3) is 10.2 Å². The lowest BCUT2D eigenvalue weighted by Gasteiger charge is -2.33. The number of carbonyl (C=O) groups excluding carboxylic acids is 1. The van der Waals surface area contributed by atoms with E-state index in [9.17, 15) is 13.2 Å². The Bertz CT molecular complexity index is 1140. The van der Waals surface area contributed by atoms with E-state index in [0.717, 1.165) is 39.4 Å². The highest BCUT2D eigenvalue weighted by molar-refractivity contribution is 7.91. The molecule has 1 saturated heterocycles. The van der Waals surface area contributed by atoms with Crippen molar-refractivity contribution in [1.29, 1.82) is 0 Å². The first-order valence-electron chi connectivity index (χ1n) is 8.80. The van der Waals surface area contributed by atoms with Gasteiger partial charge in [-0.2, -0.15) is 4.31 Å². The van der Waals surface area contributed by atoms with E-state index < -0.39 is 16.1 Å². The standard InChI is InChI=1S/C18H18ClN3O3S3/c1-11-20-13-10-12(5-6-15(13)26-11)21-18(23)14-4-2-3-9-22(14)28(24,25)17-8-7-16(19)27-17/h5-8,10,14H,2-4,9H2,1H3,(H,21,23).